The van der Waals surface area contributed by atoms with Gasteiger partial charge in [0.25, 0.3) is 11.8 Å². The molecule has 4 fully saturated rings. The average Bonchev–Trinajstić information content (AvgIpc) is 4.51. The van der Waals surface area contributed by atoms with E-state index >= 15 is 0 Å². The number of β-amino-alcohol motifs (C(OH)–C–C–N with tert-alkyl or cyclic N) is 1. The van der Waals surface area contributed by atoms with Crippen molar-refractivity contribution in [3.63, 3.8) is 0 Å². The molecule has 4 N–H and O–H groups in total. The minimum absolute atomic E-state index is 0.0166. The predicted molar refractivity (Wildman–Crippen MR) is 273 cm³/mol. The first-order valence-electron chi connectivity index (χ1n) is 25.2. The molecule has 79 heavy (non-hydrogen) atoms. The van der Waals surface area contributed by atoms with Gasteiger partial charge >= 0.3 is 24.2 Å². The van der Waals surface area contributed by atoms with Gasteiger partial charge in [0.1, 0.15) is 41.5 Å². The second-order valence-electron chi connectivity index (χ2n) is 19.8. The van der Waals surface area contributed by atoms with E-state index in [-0.39, 0.29) is 83.8 Å². The van der Waals surface area contributed by atoms with Crippen molar-refractivity contribution >= 4 is 58.7 Å². The Hall–Kier alpha value is -7.97. The van der Waals surface area contributed by atoms with E-state index in [1.807, 2.05) is 6.92 Å². The molecule has 0 bridgehead atoms. The number of amides is 5. The zero-order chi connectivity index (χ0) is 56.6. The maximum absolute atomic E-state index is 14.3. The van der Waals surface area contributed by atoms with Crippen molar-refractivity contribution < 1.29 is 70.1 Å². The lowest BCUT2D eigenvalue weighted by Crippen LogP contribution is -2.69. The molecule has 10 rings (SSSR count). The van der Waals surface area contributed by atoms with Gasteiger partial charge in [-0.1, -0.05) is 31.2 Å². The quantitative estimate of drug-likeness (QED) is 0.0741. The van der Waals surface area contributed by atoms with Gasteiger partial charge in [-0.2, -0.15) is 44.1 Å². The van der Waals surface area contributed by atoms with Crippen LogP contribution in [0.15, 0.2) is 82.3 Å². The number of benzene rings is 2. The fourth-order valence-electron chi connectivity index (χ4n) is 10.4. The van der Waals surface area contributed by atoms with Gasteiger partial charge in [0.05, 0.1) is 48.1 Å². The summed E-state index contributed by atoms with van der Waals surface area (Å²) in [7, 11) is 0. The molecule has 0 saturated carbocycles. The molecule has 6 unspecified atom stereocenters. The number of aliphatic hydroxyl groups excluding tert-OH is 1. The molecule has 4 aromatic heterocycles. The zero-order valence-corrected chi connectivity index (χ0v) is 43.9. The number of nitrogens with zero attached hydrogens (tertiary/aromatic N) is 8. The summed E-state index contributed by atoms with van der Waals surface area (Å²) in [6.07, 6.45) is -3.18. The number of carboxylic acids is 1. The number of aliphatic carboxylic acids is 1. The van der Waals surface area contributed by atoms with Crippen molar-refractivity contribution in [2.75, 3.05) is 56.6 Å². The molecule has 0 spiro atoms. The van der Waals surface area contributed by atoms with Gasteiger partial charge < -0.3 is 44.7 Å². The Bertz CT molecular complexity index is 3250. The molecule has 6 atom stereocenters. The molecule has 26 heteroatoms. The normalized spacial score (nSPS) is 21.2. The maximum atomic E-state index is 14.3. The summed E-state index contributed by atoms with van der Waals surface area (Å²) in [6, 6.07) is 8.06. The Balaban J connectivity index is 0.000000192. The Morgan fingerprint density at radius 3 is 1.87 bits per heavy atom. The van der Waals surface area contributed by atoms with Gasteiger partial charge in [0.15, 0.2) is 6.04 Å². The number of carbonyl (C=O) groups excluding carboxylic acids is 5. The number of alkyl halides is 3. The van der Waals surface area contributed by atoms with Gasteiger partial charge in [-0.15, -0.1) is 0 Å². The summed E-state index contributed by atoms with van der Waals surface area (Å²) in [4.78, 5) is 83.0. The highest BCUT2D eigenvalue weighted by Crippen LogP contribution is 2.47. The summed E-state index contributed by atoms with van der Waals surface area (Å²) in [5, 5.41) is 38.6. The van der Waals surface area contributed by atoms with Crippen molar-refractivity contribution in [1.29, 1.82) is 0 Å². The second-order valence-corrected chi connectivity index (χ2v) is 20.5. The first-order valence-corrected chi connectivity index (χ1v) is 26.1. The number of aryl methyl sites for hydroxylation is 1. The molecule has 4 aliphatic rings. The number of carbonyl (C=O) groups is 6. The Kier molecular flexibility index (Phi) is 16.1. The lowest BCUT2D eigenvalue weighted by molar-refractivity contribution is -0.212. The van der Waals surface area contributed by atoms with Crippen LogP contribution in [-0.2, 0) is 27.4 Å². The maximum Gasteiger partial charge on any atom is 0.410 e. The smallest absolute Gasteiger partial charge is 0.410 e. The van der Waals surface area contributed by atoms with Crippen molar-refractivity contribution in [1.82, 2.24) is 39.2 Å². The van der Waals surface area contributed by atoms with Crippen LogP contribution in [0.4, 0.5) is 43.2 Å². The molecule has 4 saturated heterocycles. The van der Waals surface area contributed by atoms with Crippen LogP contribution in [-0.4, -0.2) is 155 Å². The van der Waals surface area contributed by atoms with E-state index in [1.54, 1.807) is 47.7 Å². The molecule has 0 aliphatic carbocycles. The number of hydrogen-bond donors (Lipinski definition) is 4. The van der Waals surface area contributed by atoms with Gasteiger partial charge in [-0.05, 0) is 79.9 Å². The second kappa shape index (κ2) is 22.8. The molecule has 8 heterocycles. The number of hydrogen-bond acceptors (Lipinski definition) is 14. The van der Waals surface area contributed by atoms with Crippen LogP contribution < -0.4 is 10.6 Å². The highest BCUT2D eigenvalue weighted by atomic mass is 32.1. The fourth-order valence-corrected chi connectivity index (χ4v) is 11.0. The number of aliphatic hydroxyl groups is 1. The van der Waals surface area contributed by atoms with Gasteiger partial charge in [0.2, 0.25) is 5.91 Å². The minimum atomic E-state index is -4.99. The zero-order valence-electron chi connectivity index (χ0n) is 43.1. The van der Waals surface area contributed by atoms with Crippen molar-refractivity contribution in [2.24, 2.45) is 5.92 Å². The van der Waals surface area contributed by atoms with Crippen molar-refractivity contribution in [3.8, 4) is 0 Å². The topological polar surface area (TPSA) is 238 Å². The van der Waals surface area contributed by atoms with E-state index in [0.29, 0.717) is 66.6 Å². The molecule has 6 aromatic rings. The van der Waals surface area contributed by atoms with Crippen LogP contribution in [0.1, 0.15) is 85.1 Å². The number of aromatic nitrogens is 4. The van der Waals surface area contributed by atoms with E-state index in [0.717, 1.165) is 15.1 Å². The summed E-state index contributed by atoms with van der Waals surface area (Å²) < 4.78 is 82.2. The number of carboxylic acid groups (broad SMARTS) is 1. The number of morpholine rings is 1. The van der Waals surface area contributed by atoms with E-state index in [2.05, 4.69) is 20.8 Å². The molecule has 0 radical (unpaired) electrons. The number of imide groups is 1. The van der Waals surface area contributed by atoms with Crippen LogP contribution in [0, 0.1) is 38.3 Å². The molecule has 4 aliphatic heterocycles. The lowest BCUT2D eigenvalue weighted by Gasteiger charge is -2.46. The number of β-lactam (4-membered cyclic amide) rings is 1. The summed E-state index contributed by atoms with van der Waals surface area (Å²) in [6.45, 7) is 8.80. The third kappa shape index (κ3) is 11.2. The van der Waals surface area contributed by atoms with Crippen LogP contribution >= 0.6 is 11.3 Å². The van der Waals surface area contributed by atoms with Crippen LogP contribution in [0.5, 0.6) is 0 Å². The van der Waals surface area contributed by atoms with Crippen molar-refractivity contribution in [2.45, 2.75) is 83.4 Å². The number of urea groups is 2. The van der Waals surface area contributed by atoms with Gasteiger partial charge in [0, 0.05) is 73.8 Å². The number of likely N-dealkylation sites (tertiary alicyclic amines) is 3. The largest absolute Gasteiger partial charge is 0.480 e. The van der Waals surface area contributed by atoms with E-state index < -0.39 is 65.8 Å². The Labute approximate surface area is 452 Å². The standard InChI is InChI=1S/C27H30FN5O5S.C26H25F4N5O5/c1-16-14-32(27(37)31-8-10-38-11-9-31)23(26(35)36)21(16)22-17(2)24(29-13-18-3-5-20(28)6-4-18)33(30-22)25(34)19-7-12-39-15-19;1-13-11-40-12-18(13)23(37)35-22(31-9-15-3-5-16(27)6-4-15)14(2)20(32-35)19-21(26(28,29)30)34(24(19)38)25(39)33-8-7-17(36)10-33/h3-7,12,15-16,21,23,29H,8-11,13-14H2,1-2H3,(H,35,36);3-6,11-12,17,19,21,31,36H,7-10H2,1-2H3. The predicted octanol–water partition coefficient (Wildman–Crippen LogP) is 7.21. The molecule has 5 amide bonds. The van der Waals surface area contributed by atoms with Gasteiger partial charge in [-0.25, -0.2) is 28.1 Å². The number of thiophene rings is 1. The summed E-state index contributed by atoms with van der Waals surface area (Å²) in [5.74, 6) is -6.36. The monoisotopic (exact) mass is 1120 g/mol. The average molecular weight is 1120 g/mol. The molecular formula is C53H55F5N10O10S. The third-order valence-electron chi connectivity index (χ3n) is 14.5. The fraction of sp³-hybridized carbons (Fsp3) is 0.396. The molecule has 2 aromatic carbocycles. The molecular weight excluding hydrogens is 1060 g/mol. The summed E-state index contributed by atoms with van der Waals surface area (Å²) >= 11 is 1.38. The van der Waals surface area contributed by atoms with Crippen LogP contribution in [0.3, 0.4) is 0 Å². The lowest BCUT2D eigenvalue weighted by atomic mass is 9.82. The molecule has 418 valence electrons. The van der Waals surface area contributed by atoms with Gasteiger partial charge in [-0.3, -0.25) is 14.4 Å². The molecule has 20 nitrogen and oxygen atoms in total. The van der Waals surface area contributed by atoms with Crippen molar-refractivity contribution in [3.05, 3.63) is 140 Å². The third-order valence-corrected chi connectivity index (χ3v) is 15.2. The number of nitrogens with one attached hydrogen (secondary N) is 2. The van der Waals surface area contributed by atoms with E-state index in [9.17, 15) is 60.9 Å². The highest BCUT2D eigenvalue weighted by molar-refractivity contribution is 7.08. The minimum Gasteiger partial charge on any atom is -0.480 e. The SMILES string of the molecule is Cc1c(C2C(C)CN(C(=O)N3CCOCC3)C2C(=O)O)nn(C(=O)c2ccsc2)c1NCc1ccc(F)cc1.Cc1cocc1C(=O)n1nc(C2C(=O)N(C(=O)N3CCC(O)C3)C2C(F)(F)F)c(C)c1NCc1ccc(F)cc1. The van der Waals surface area contributed by atoms with Crippen LogP contribution in [0.25, 0.3) is 0 Å². The number of halogens is 5. The summed E-state index contributed by atoms with van der Waals surface area (Å²) in [5.41, 5.74) is 3.31. The first-order chi connectivity index (χ1) is 37.6. The first kappa shape index (κ1) is 55.8. The number of rotatable bonds is 11. The number of furan rings is 1. The Morgan fingerprint density at radius 2 is 1.35 bits per heavy atom. The number of ether oxygens (including phenoxy) is 1. The Morgan fingerprint density at radius 1 is 0.772 bits per heavy atom. The van der Waals surface area contributed by atoms with E-state index in [1.165, 1.54) is 76.8 Å². The van der Waals surface area contributed by atoms with Crippen LogP contribution in [0.2, 0.25) is 0 Å². The van der Waals surface area contributed by atoms with E-state index in [4.69, 9.17) is 9.15 Å². The highest BCUT2D eigenvalue weighted by Gasteiger charge is 2.65. The number of anilines is 2.